The first-order valence-corrected chi connectivity index (χ1v) is 7.65. The highest BCUT2D eigenvalue weighted by Crippen LogP contribution is 2.34. The van der Waals surface area contributed by atoms with Crippen molar-refractivity contribution in [2.75, 3.05) is 12.1 Å². The average Bonchev–Trinajstić information content (AvgIpc) is 3.04. The number of hydrogen-bond donors (Lipinski definition) is 2. The number of hydrogen-bond acceptors (Lipinski definition) is 6. The van der Waals surface area contributed by atoms with Crippen molar-refractivity contribution in [3.8, 4) is 17.2 Å². The Morgan fingerprint density at radius 3 is 2.68 bits per heavy atom. The van der Waals surface area contributed by atoms with Gasteiger partial charge in [-0.2, -0.15) is 0 Å². The van der Waals surface area contributed by atoms with Gasteiger partial charge in [0.2, 0.25) is 6.79 Å². The molecule has 0 bridgehead atoms. The van der Waals surface area contributed by atoms with Gasteiger partial charge in [-0.1, -0.05) is 6.07 Å². The maximum atomic E-state index is 12.2. The number of carbonyl (C=O) groups excluding carboxylic acids is 2. The normalized spacial score (nSPS) is 13.2. The van der Waals surface area contributed by atoms with Crippen LogP contribution in [-0.4, -0.2) is 29.9 Å². The van der Waals surface area contributed by atoms with E-state index in [0.717, 1.165) is 0 Å². The minimum absolute atomic E-state index is 0.00749. The van der Waals surface area contributed by atoms with Crippen LogP contribution < -0.4 is 14.8 Å². The summed E-state index contributed by atoms with van der Waals surface area (Å²) < 4.78 is 15.6. The Kier molecular flexibility index (Phi) is 4.47. The third kappa shape index (κ3) is 3.65. The lowest BCUT2D eigenvalue weighted by Crippen LogP contribution is -2.30. The summed E-state index contributed by atoms with van der Waals surface area (Å²) in [6.45, 7) is 3.32. The Morgan fingerprint density at radius 2 is 1.92 bits per heavy atom. The summed E-state index contributed by atoms with van der Waals surface area (Å²) in [5.41, 5.74) is 1.32. The van der Waals surface area contributed by atoms with Gasteiger partial charge in [-0.3, -0.25) is 4.79 Å². The van der Waals surface area contributed by atoms with E-state index in [0.29, 0.717) is 22.7 Å². The van der Waals surface area contributed by atoms with Crippen LogP contribution in [0.4, 0.5) is 5.69 Å². The van der Waals surface area contributed by atoms with E-state index in [2.05, 4.69) is 5.32 Å². The van der Waals surface area contributed by atoms with E-state index in [1.165, 1.54) is 19.1 Å². The summed E-state index contributed by atoms with van der Waals surface area (Å²) in [5, 5.41) is 12.3. The van der Waals surface area contributed by atoms with Crippen molar-refractivity contribution < 1.29 is 28.9 Å². The lowest BCUT2D eigenvalue weighted by molar-refractivity contribution is -0.123. The molecular formula is C18H17NO6. The van der Waals surface area contributed by atoms with Crippen molar-refractivity contribution in [1.82, 2.24) is 0 Å². The quantitative estimate of drug-likeness (QED) is 0.829. The average molecular weight is 343 g/mol. The maximum absolute atomic E-state index is 12.2. The molecule has 1 amide bonds. The van der Waals surface area contributed by atoms with Crippen molar-refractivity contribution >= 4 is 17.6 Å². The standard InChI is InChI=1S/C18H17NO6/c1-10-3-4-12(7-14(10)20)18(22)25-11(2)17(21)19-13-5-6-15-16(8-13)24-9-23-15/h3-8,11,20H,9H2,1-2H3,(H,19,21)/t11-/m1/s1. The van der Waals surface area contributed by atoms with Crippen LogP contribution in [-0.2, 0) is 9.53 Å². The van der Waals surface area contributed by atoms with Gasteiger partial charge in [0.25, 0.3) is 5.91 Å². The lowest BCUT2D eigenvalue weighted by Gasteiger charge is -2.14. The highest BCUT2D eigenvalue weighted by molar-refractivity contribution is 5.97. The molecule has 0 spiro atoms. The van der Waals surface area contributed by atoms with Crippen molar-refractivity contribution in [3.05, 3.63) is 47.5 Å². The zero-order valence-corrected chi connectivity index (χ0v) is 13.7. The Hall–Kier alpha value is -3.22. The SMILES string of the molecule is Cc1ccc(C(=O)O[C@H](C)C(=O)Nc2ccc3c(c2)OCO3)cc1O. The first-order valence-electron chi connectivity index (χ1n) is 7.65. The van der Waals surface area contributed by atoms with Crippen LogP contribution in [0.2, 0.25) is 0 Å². The fourth-order valence-corrected chi connectivity index (χ4v) is 2.24. The molecule has 2 aromatic carbocycles. The number of amides is 1. The van der Waals surface area contributed by atoms with E-state index in [-0.39, 0.29) is 18.1 Å². The highest BCUT2D eigenvalue weighted by atomic mass is 16.7. The molecule has 0 fully saturated rings. The van der Waals surface area contributed by atoms with E-state index in [9.17, 15) is 14.7 Å². The fourth-order valence-electron chi connectivity index (χ4n) is 2.24. The number of rotatable bonds is 4. The van der Waals surface area contributed by atoms with Crippen molar-refractivity contribution in [2.24, 2.45) is 0 Å². The highest BCUT2D eigenvalue weighted by Gasteiger charge is 2.21. The zero-order chi connectivity index (χ0) is 18.0. The molecule has 3 rings (SSSR count). The number of benzene rings is 2. The van der Waals surface area contributed by atoms with Crippen molar-refractivity contribution in [1.29, 1.82) is 0 Å². The minimum atomic E-state index is -1.01. The molecule has 25 heavy (non-hydrogen) atoms. The predicted octanol–water partition coefficient (Wildman–Crippen LogP) is 2.61. The minimum Gasteiger partial charge on any atom is -0.508 e. The van der Waals surface area contributed by atoms with Gasteiger partial charge in [0.05, 0.1) is 5.56 Å². The van der Waals surface area contributed by atoms with E-state index in [1.807, 2.05) is 0 Å². The second-order valence-electron chi connectivity index (χ2n) is 5.61. The van der Waals surface area contributed by atoms with Crippen LogP contribution in [0.1, 0.15) is 22.8 Å². The number of carbonyl (C=O) groups is 2. The summed E-state index contributed by atoms with van der Waals surface area (Å²) in [6, 6.07) is 9.41. The Labute approximate surface area is 144 Å². The van der Waals surface area contributed by atoms with Crippen LogP contribution in [0.5, 0.6) is 17.2 Å². The zero-order valence-electron chi connectivity index (χ0n) is 13.7. The molecule has 0 saturated carbocycles. The second-order valence-corrected chi connectivity index (χ2v) is 5.61. The molecule has 2 aromatic rings. The molecule has 1 aliphatic heterocycles. The monoisotopic (exact) mass is 343 g/mol. The predicted molar refractivity (Wildman–Crippen MR) is 88.9 cm³/mol. The molecule has 0 aromatic heterocycles. The molecule has 130 valence electrons. The first-order chi connectivity index (χ1) is 11.9. The van der Waals surface area contributed by atoms with E-state index in [4.69, 9.17) is 14.2 Å². The van der Waals surface area contributed by atoms with Crippen LogP contribution in [0.25, 0.3) is 0 Å². The Morgan fingerprint density at radius 1 is 1.16 bits per heavy atom. The number of nitrogens with one attached hydrogen (secondary N) is 1. The topological polar surface area (TPSA) is 94.1 Å². The first kappa shape index (κ1) is 16.6. The number of fused-ring (bicyclic) bond motifs is 1. The number of phenols is 1. The van der Waals surface area contributed by atoms with Gasteiger partial charge in [-0.05, 0) is 43.7 Å². The number of phenolic OH excluding ortho intramolecular Hbond substituents is 1. The number of aromatic hydroxyl groups is 1. The van der Waals surface area contributed by atoms with Crippen LogP contribution in [0.3, 0.4) is 0 Å². The van der Waals surface area contributed by atoms with E-state index < -0.39 is 18.0 Å². The third-order valence-electron chi connectivity index (χ3n) is 3.74. The van der Waals surface area contributed by atoms with Gasteiger partial charge in [-0.25, -0.2) is 4.79 Å². The molecule has 0 radical (unpaired) electrons. The largest absolute Gasteiger partial charge is 0.508 e. The molecule has 0 saturated heterocycles. The molecule has 2 N–H and O–H groups in total. The summed E-state index contributed by atoms with van der Waals surface area (Å²) in [5.74, 6) is -0.0340. The van der Waals surface area contributed by atoms with Gasteiger partial charge in [0.15, 0.2) is 17.6 Å². The lowest BCUT2D eigenvalue weighted by atomic mass is 10.1. The summed E-state index contributed by atoms with van der Waals surface area (Å²) in [7, 11) is 0. The Bertz CT molecular complexity index is 832. The van der Waals surface area contributed by atoms with Crippen LogP contribution in [0, 0.1) is 6.92 Å². The number of esters is 1. The smallest absolute Gasteiger partial charge is 0.339 e. The van der Waals surface area contributed by atoms with Crippen molar-refractivity contribution in [2.45, 2.75) is 20.0 Å². The van der Waals surface area contributed by atoms with Crippen LogP contribution in [0.15, 0.2) is 36.4 Å². The molecule has 1 aliphatic rings. The second kappa shape index (κ2) is 6.72. The third-order valence-corrected chi connectivity index (χ3v) is 3.74. The van der Waals surface area contributed by atoms with Gasteiger partial charge >= 0.3 is 5.97 Å². The van der Waals surface area contributed by atoms with E-state index in [1.54, 1.807) is 31.2 Å². The van der Waals surface area contributed by atoms with Gasteiger partial charge < -0.3 is 24.6 Å². The Balaban J connectivity index is 1.62. The van der Waals surface area contributed by atoms with Crippen LogP contribution >= 0.6 is 0 Å². The fraction of sp³-hybridized carbons (Fsp3) is 0.222. The summed E-state index contributed by atoms with van der Waals surface area (Å²) >= 11 is 0. The molecule has 0 aliphatic carbocycles. The molecule has 0 unspecified atom stereocenters. The van der Waals surface area contributed by atoms with E-state index >= 15 is 0 Å². The maximum Gasteiger partial charge on any atom is 0.339 e. The summed E-state index contributed by atoms with van der Waals surface area (Å²) in [6.07, 6.45) is -1.01. The van der Waals surface area contributed by atoms with Gasteiger partial charge in [-0.15, -0.1) is 0 Å². The number of aryl methyl sites for hydroxylation is 1. The molecule has 1 heterocycles. The molecule has 7 nitrogen and oxygen atoms in total. The van der Waals surface area contributed by atoms with Crippen molar-refractivity contribution in [3.63, 3.8) is 0 Å². The van der Waals surface area contributed by atoms with Gasteiger partial charge in [0, 0.05) is 11.8 Å². The molecule has 1 atom stereocenters. The number of ether oxygens (including phenoxy) is 3. The molecule has 7 heteroatoms. The number of anilines is 1. The van der Waals surface area contributed by atoms with Gasteiger partial charge in [0.1, 0.15) is 5.75 Å². The molecular weight excluding hydrogens is 326 g/mol. The summed E-state index contributed by atoms with van der Waals surface area (Å²) in [4.78, 5) is 24.3.